The summed E-state index contributed by atoms with van der Waals surface area (Å²) in [7, 11) is 0. The van der Waals surface area contributed by atoms with E-state index in [1.54, 1.807) is 6.08 Å². The topological polar surface area (TPSA) is 66.8 Å². The zero-order valence-electron chi connectivity index (χ0n) is 17.6. The highest BCUT2D eigenvalue weighted by molar-refractivity contribution is 5.86. The Balaban J connectivity index is 1.47. The van der Waals surface area contributed by atoms with Gasteiger partial charge in [-0.25, -0.2) is 4.79 Å². The summed E-state index contributed by atoms with van der Waals surface area (Å²) in [6.07, 6.45) is 10.6. The molecule has 156 valence electrons. The third-order valence-electron chi connectivity index (χ3n) is 10.3. The smallest absolute Gasteiger partial charge is 0.331 e. The van der Waals surface area contributed by atoms with E-state index >= 15 is 0 Å². The minimum atomic E-state index is -0.642. The Morgan fingerprint density at radius 3 is 2.54 bits per heavy atom. The molecule has 4 nitrogen and oxygen atoms in total. The van der Waals surface area contributed by atoms with Gasteiger partial charge in [-0.3, -0.25) is 0 Å². The van der Waals surface area contributed by atoms with E-state index in [-0.39, 0.29) is 34.9 Å². The molecule has 2 N–H and O–H groups in total. The standard InChI is InChI=1S/C24H36O4/c1-14-17(13-21(26)28-14)18-8-11-24(27)20-5-4-15-12-16(25)6-9-22(15,2)19(20)7-10-23(18,24)3/h13-16,18-20,25,27H,4-12H2,1-3H3. The highest BCUT2D eigenvalue weighted by atomic mass is 16.5. The van der Waals surface area contributed by atoms with Crippen molar-refractivity contribution in [3.05, 3.63) is 11.6 Å². The molecule has 0 saturated heterocycles. The van der Waals surface area contributed by atoms with Gasteiger partial charge in [-0.15, -0.1) is 0 Å². The predicted octanol–water partition coefficient (Wildman–Crippen LogP) is 3.99. The zero-order valence-corrected chi connectivity index (χ0v) is 17.6. The lowest BCUT2D eigenvalue weighted by molar-refractivity contribution is -0.208. The molecule has 4 fully saturated rings. The summed E-state index contributed by atoms with van der Waals surface area (Å²) in [4.78, 5) is 11.8. The van der Waals surface area contributed by atoms with Crippen molar-refractivity contribution in [2.75, 3.05) is 0 Å². The minimum Gasteiger partial charge on any atom is -0.455 e. The number of aliphatic hydroxyl groups excluding tert-OH is 1. The van der Waals surface area contributed by atoms with Crippen molar-refractivity contribution in [3.63, 3.8) is 0 Å². The van der Waals surface area contributed by atoms with Crippen molar-refractivity contribution in [2.24, 2.45) is 34.5 Å². The second-order valence-electron chi connectivity index (χ2n) is 11.1. The SMILES string of the molecule is CC1OC(=O)C=C1C1CCC2(O)C3CCC4CC(O)CCC4(C)C3CCC12C. The number of cyclic esters (lactones) is 1. The summed E-state index contributed by atoms with van der Waals surface area (Å²) in [6, 6.07) is 0. The van der Waals surface area contributed by atoms with Gasteiger partial charge in [0.25, 0.3) is 0 Å². The second-order valence-corrected chi connectivity index (χ2v) is 11.1. The van der Waals surface area contributed by atoms with Crippen molar-refractivity contribution < 1.29 is 19.7 Å². The fourth-order valence-electron chi connectivity index (χ4n) is 8.65. The van der Waals surface area contributed by atoms with Crippen LogP contribution >= 0.6 is 0 Å². The fourth-order valence-corrected chi connectivity index (χ4v) is 8.65. The van der Waals surface area contributed by atoms with E-state index in [0.29, 0.717) is 17.8 Å². The van der Waals surface area contributed by atoms with Gasteiger partial charge in [0.05, 0.1) is 11.7 Å². The van der Waals surface area contributed by atoms with E-state index in [4.69, 9.17) is 4.74 Å². The molecule has 4 aliphatic carbocycles. The lowest BCUT2D eigenvalue weighted by Crippen LogP contribution is -2.62. The van der Waals surface area contributed by atoms with Crippen molar-refractivity contribution >= 4 is 5.97 Å². The Morgan fingerprint density at radius 1 is 1.04 bits per heavy atom. The number of carbonyl (C=O) groups excluding carboxylic acids is 1. The van der Waals surface area contributed by atoms with Gasteiger partial charge in [-0.05, 0) is 99.4 Å². The molecule has 5 aliphatic rings. The molecule has 28 heavy (non-hydrogen) atoms. The molecule has 0 aromatic carbocycles. The number of fused-ring (bicyclic) bond motifs is 5. The molecule has 0 spiro atoms. The number of ether oxygens (including phenoxy) is 1. The lowest BCUT2D eigenvalue weighted by atomic mass is 9.43. The summed E-state index contributed by atoms with van der Waals surface area (Å²) in [6.45, 7) is 6.71. The molecule has 5 rings (SSSR count). The average molecular weight is 389 g/mol. The maximum atomic E-state index is 12.2. The van der Waals surface area contributed by atoms with Crippen molar-refractivity contribution in [2.45, 2.75) is 96.4 Å². The van der Waals surface area contributed by atoms with Crippen molar-refractivity contribution in [3.8, 4) is 0 Å². The Labute approximate surface area is 168 Å². The highest BCUT2D eigenvalue weighted by Crippen LogP contribution is 2.70. The molecule has 4 saturated carbocycles. The molecule has 0 bridgehead atoms. The fraction of sp³-hybridized carbons (Fsp3) is 0.875. The number of hydrogen-bond donors (Lipinski definition) is 2. The van der Waals surface area contributed by atoms with Gasteiger partial charge in [0.15, 0.2) is 0 Å². The van der Waals surface area contributed by atoms with Crippen LogP contribution in [0.3, 0.4) is 0 Å². The molecular formula is C24H36O4. The minimum absolute atomic E-state index is 0.129. The van der Waals surface area contributed by atoms with Crippen LogP contribution in [0.25, 0.3) is 0 Å². The highest BCUT2D eigenvalue weighted by Gasteiger charge is 2.67. The van der Waals surface area contributed by atoms with Crippen LogP contribution in [-0.2, 0) is 9.53 Å². The number of esters is 1. The Bertz CT molecular complexity index is 715. The molecule has 1 heterocycles. The predicted molar refractivity (Wildman–Crippen MR) is 106 cm³/mol. The van der Waals surface area contributed by atoms with Gasteiger partial charge in [-0.1, -0.05) is 13.8 Å². The molecule has 9 unspecified atom stereocenters. The first-order valence-corrected chi connectivity index (χ1v) is 11.5. The van der Waals surface area contributed by atoms with Crippen LogP contribution < -0.4 is 0 Å². The third kappa shape index (κ3) is 2.34. The quantitative estimate of drug-likeness (QED) is 0.667. The van der Waals surface area contributed by atoms with E-state index in [9.17, 15) is 15.0 Å². The van der Waals surface area contributed by atoms with Crippen LogP contribution in [0.5, 0.6) is 0 Å². The van der Waals surface area contributed by atoms with Gasteiger partial charge in [0.1, 0.15) is 6.10 Å². The van der Waals surface area contributed by atoms with Crippen LogP contribution in [0.15, 0.2) is 11.6 Å². The van der Waals surface area contributed by atoms with Gasteiger partial charge in [0, 0.05) is 11.5 Å². The molecule has 0 aromatic rings. The Kier molecular flexibility index (Phi) is 4.15. The zero-order chi connectivity index (χ0) is 19.9. The number of aliphatic hydroxyl groups is 2. The number of hydrogen-bond acceptors (Lipinski definition) is 4. The summed E-state index contributed by atoms with van der Waals surface area (Å²) in [5.74, 6) is 1.54. The molecule has 0 radical (unpaired) electrons. The Hall–Kier alpha value is -0.870. The van der Waals surface area contributed by atoms with Gasteiger partial charge >= 0.3 is 5.97 Å². The van der Waals surface area contributed by atoms with Gasteiger partial charge < -0.3 is 14.9 Å². The molecule has 1 aliphatic heterocycles. The summed E-state index contributed by atoms with van der Waals surface area (Å²) in [5.41, 5.74) is 0.565. The van der Waals surface area contributed by atoms with E-state index in [0.717, 1.165) is 56.9 Å². The molecule has 4 heteroatoms. The van der Waals surface area contributed by atoms with E-state index < -0.39 is 5.60 Å². The number of rotatable bonds is 1. The monoisotopic (exact) mass is 388 g/mol. The van der Waals surface area contributed by atoms with Crippen molar-refractivity contribution in [1.29, 1.82) is 0 Å². The van der Waals surface area contributed by atoms with E-state index in [2.05, 4.69) is 13.8 Å². The molecule has 0 amide bonds. The van der Waals surface area contributed by atoms with Crippen LogP contribution in [0.2, 0.25) is 0 Å². The second kappa shape index (κ2) is 6.07. The van der Waals surface area contributed by atoms with Crippen LogP contribution in [0, 0.1) is 34.5 Å². The first-order valence-electron chi connectivity index (χ1n) is 11.5. The van der Waals surface area contributed by atoms with Crippen LogP contribution in [0.4, 0.5) is 0 Å². The van der Waals surface area contributed by atoms with Crippen LogP contribution in [-0.4, -0.2) is 34.0 Å². The third-order valence-corrected chi connectivity index (χ3v) is 10.3. The largest absolute Gasteiger partial charge is 0.455 e. The van der Waals surface area contributed by atoms with Gasteiger partial charge in [0.2, 0.25) is 0 Å². The maximum Gasteiger partial charge on any atom is 0.331 e. The normalized spacial score (nSPS) is 55.8. The summed E-state index contributed by atoms with van der Waals surface area (Å²) < 4.78 is 5.41. The molecular weight excluding hydrogens is 352 g/mol. The summed E-state index contributed by atoms with van der Waals surface area (Å²) in [5, 5.41) is 22.4. The van der Waals surface area contributed by atoms with Crippen molar-refractivity contribution in [1.82, 2.24) is 0 Å². The molecule has 0 aromatic heterocycles. The van der Waals surface area contributed by atoms with Crippen LogP contribution in [0.1, 0.15) is 78.6 Å². The first-order chi connectivity index (χ1) is 13.2. The lowest BCUT2D eigenvalue weighted by Gasteiger charge is -2.63. The average Bonchev–Trinajstić information content (AvgIpc) is 3.11. The van der Waals surface area contributed by atoms with E-state index in [1.165, 1.54) is 6.42 Å². The number of carbonyl (C=O) groups is 1. The van der Waals surface area contributed by atoms with E-state index in [1.807, 2.05) is 6.92 Å². The van der Waals surface area contributed by atoms with Gasteiger partial charge in [-0.2, -0.15) is 0 Å². The molecule has 9 atom stereocenters. The maximum absolute atomic E-state index is 12.2. The Morgan fingerprint density at radius 2 is 1.82 bits per heavy atom. The summed E-state index contributed by atoms with van der Waals surface area (Å²) >= 11 is 0. The first kappa shape index (κ1) is 19.1.